The molecule has 1 amide bonds. The van der Waals surface area contributed by atoms with E-state index in [1.807, 2.05) is 6.07 Å². The van der Waals surface area contributed by atoms with Crippen LogP contribution in [0.3, 0.4) is 0 Å². The summed E-state index contributed by atoms with van der Waals surface area (Å²) in [6.07, 6.45) is -3.76. The molecule has 2 aromatic carbocycles. The molecule has 0 saturated carbocycles. The van der Waals surface area contributed by atoms with Crippen LogP contribution < -0.4 is 0 Å². The van der Waals surface area contributed by atoms with E-state index in [0.29, 0.717) is 6.42 Å². The predicted octanol–water partition coefficient (Wildman–Crippen LogP) is 7.07. The molecule has 3 heterocycles. The second-order valence-corrected chi connectivity index (χ2v) is 8.85. The van der Waals surface area contributed by atoms with Gasteiger partial charge in [0.15, 0.2) is 0 Å². The third-order valence-electron chi connectivity index (χ3n) is 6.50. The highest BCUT2D eigenvalue weighted by Crippen LogP contribution is 2.45. The minimum Gasteiger partial charge on any atom is -0.444 e. The molecule has 1 aliphatic heterocycles. The second kappa shape index (κ2) is 9.62. The van der Waals surface area contributed by atoms with Gasteiger partial charge in [-0.15, -0.1) is 0 Å². The number of alkyl halides is 6. The molecule has 1 aliphatic rings. The first-order valence-electron chi connectivity index (χ1n) is 11.5. The van der Waals surface area contributed by atoms with Crippen molar-refractivity contribution in [2.75, 3.05) is 13.1 Å². The molecule has 0 N–H and O–H groups in total. The number of amides is 1. The number of carbonyl (C=O) groups excluding carboxylic acids is 1. The normalized spacial score (nSPS) is 16.2. The Morgan fingerprint density at radius 3 is 2.45 bits per heavy atom. The molecule has 5 nitrogen and oxygen atoms in total. The molecular formula is C27H19F6N3O2. The number of rotatable bonds is 4. The molecule has 196 valence electrons. The van der Waals surface area contributed by atoms with Crippen LogP contribution in [0.5, 0.6) is 0 Å². The van der Waals surface area contributed by atoms with Crippen LogP contribution in [0.1, 0.15) is 39.4 Å². The first-order chi connectivity index (χ1) is 18.0. The van der Waals surface area contributed by atoms with E-state index in [4.69, 9.17) is 4.42 Å². The highest BCUT2D eigenvalue weighted by Gasteiger charge is 2.42. The Balaban J connectivity index is 1.63. The van der Waals surface area contributed by atoms with E-state index in [-0.39, 0.29) is 30.1 Å². The Kier molecular flexibility index (Phi) is 6.46. The Bertz CT molecular complexity index is 1450. The number of hydrogen-bond acceptors (Lipinski definition) is 4. The maximum Gasteiger partial charge on any atom is 0.417 e. The lowest BCUT2D eigenvalue weighted by Crippen LogP contribution is -2.31. The number of aromatic nitrogens is 2. The van der Waals surface area contributed by atoms with Gasteiger partial charge in [-0.25, -0.2) is 4.98 Å². The molecule has 0 bridgehead atoms. The van der Waals surface area contributed by atoms with Gasteiger partial charge in [-0.3, -0.25) is 9.78 Å². The van der Waals surface area contributed by atoms with Gasteiger partial charge in [0.25, 0.3) is 5.91 Å². The molecule has 2 aromatic heterocycles. The molecule has 1 fully saturated rings. The standard InChI is InChI=1S/C27H19F6N3O2/c28-26(29,30)19-5-1-3-16(13-19)20-6-7-21(23(27(31,32)33)22(20)24-35-10-12-38-24)25(37)36-11-8-18(15-36)17-4-2-9-34-14-17/h1-7,9-10,12-14,18H,8,11,15H2. The molecular weight excluding hydrogens is 512 g/mol. The van der Waals surface area contributed by atoms with Crippen molar-refractivity contribution in [3.63, 3.8) is 0 Å². The van der Waals surface area contributed by atoms with Crippen LogP contribution in [0.4, 0.5) is 26.3 Å². The van der Waals surface area contributed by atoms with Crippen LogP contribution in [0.2, 0.25) is 0 Å². The monoisotopic (exact) mass is 531 g/mol. The van der Waals surface area contributed by atoms with Gasteiger partial charge < -0.3 is 9.32 Å². The van der Waals surface area contributed by atoms with E-state index in [2.05, 4.69) is 9.97 Å². The van der Waals surface area contributed by atoms with Crippen molar-refractivity contribution in [2.45, 2.75) is 24.7 Å². The average Bonchev–Trinajstić information content (AvgIpc) is 3.60. The van der Waals surface area contributed by atoms with Gasteiger partial charge in [-0.2, -0.15) is 26.3 Å². The van der Waals surface area contributed by atoms with Gasteiger partial charge in [-0.05, 0) is 47.4 Å². The van der Waals surface area contributed by atoms with Gasteiger partial charge in [0.2, 0.25) is 5.89 Å². The fourth-order valence-corrected chi connectivity index (χ4v) is 4.75. The molecule has 1 atom stereocenters. The second-order valence-electron chi connectivity index (χ2n) is 8.85. The van der Waals surface area contributed by atoms with Gasteiger partial charge in [0.1, 0.15) is 6.26 Å². The summed E-state index contributed by atoms with van der Waals surface area (Å²) in [5, 5.41) is 0. The summed E-state index contributed by atoms with van der Waals surface area (Å²) in [4.78, 5) is 22.7. The van der Waals surface area contributed by atoms with E-state index in [1.165, 1.54) is 17.0 Å². The highest BCUT2D eigenvalue weighted by atomic mass is 19.4. The van der Waals surface area contributed by atoms with Crippen molar-refractivity contribution >= 4 is 5.91 Å². The minimum atomic E-state index is -5.05. The number of benzene rings is 2. The van der Waals surface area contributed by atoms with E-state index < -0.39 is 46.4 Å². The molecule has 0 spiro atoms. The van der Waals surface area contributed by atoms with Crippen LogP contribution >= 0.6 is 0 Å². The zero-order valence-electron chi connectivity index (χ0n) is 19.6. The maximum absolute atomic E-state index is 14.6. The Hall–Kier alpha value is -4.15. The third kappa shape index (κ3) is 4.88. The number of hydrogen-bond donors (Lipinski definition) is 0. The highest BCUT2D eigenvalue weighted by molar-refractivity contribution is 6.00. The maximum atomic E-state index is 14.6. The van der Waals surface area contributed by atoms with Crippen molar-refractivity contribution in [3.05, 3.63) is 95.6 Å². The third-order valence-corrected chi connectivity index (χ3v) is 6.50. The quantitative estimate of drug-likeness (QED) is 0.264. The average molecular weight is 531 g/mol. The van der Waals surface area contributed by atoms with E-state index in [1.54, 1.807) is 18.5 Å². The van der Waals surface area contributed by atoms with E-state index >= 15 is 0 Å². The number of oxazole rings is 1. The van der Waals surface area contributed by atoms with Gasteiger partial charge in [0.05, 0.1) is 28.5 Å². The fraction of sp³-hybridized carbons (Fsp3) is 0.222. The smallest absolute Gasteiger partial charge is 0.417 e. The van der Waals surface area contributed by atoms with Crippen molar-refractivity contribution < 1.29 is 35.6 Å². The summed E-state index contributed by atoms with van der Waals surface area (Å²) >= 11 is 0. The summed E-state index contributed by atoms with van der Waals surface area (Å²) in [6, 6.07) is 9.74. The number of carbonyl (C=O) groups is 1. The van der Waals surface area contributed by atoms with Crippen LogP contribution in [0.15, 0.2) is 77.8 Å². The summed E-state index contributed by atoms with van der Waals surface area (Å²) in [7, 11) is 0. The number of halogens is 6. The molecule has 4 aromatic rings. The summed E-state index contributed by atoms with van der Waals surface area (Å²) in [5.74, 6) is -1.39. The van der Waals surface area contributed by atoms with Gasteiger partial charge in [-0.1, -0.05) is 24.3 Å². The van der Waals surface area contributed by atoms with Gasteiger partial charge in [0, 0.05) is 31.4 Å². The van der Waals surface area contributed by atoms with Gasteiger partial charge >= 0.3 is 12.4 Å². The van der Waals surface area contributed by atoms with Crippen molar-refractivity contribution in [2.24, 2.45) is 0 Å². The first kappa shape index (κ1) is 25.5. The topological polar surface area (TPSA) is 59.2 Å². The SMILES string of the molecule is O=C(c1ccc(-c2cccc(C(F)(F)F)c2)c(-c2ncco2)c1C(F)(F)F)N1CCC(c2cccnc2)C1. The zero-order chi connectivity index (χ0) is 27.1. The van der Waals surface area contributed by atoms with E-state index in [9.17, 15) is 31.1 Å². The predicted molar refractivity (Wildman–Crippen MR) is 125 cm³/mol. The Morgan fingerprint density at radius 2 is 1.79 bits per heavy atom. The van der Waals surface area contributed by atoms with E-state index in [0.717, 1.165) is 42.3 Å². The minimum absolute atomic E-state index is 0.0856. The molecule has 1 unspecified atom stereocenters. The molecule has 0 aliphatic carbocycles. The Labute approximate surface area is 212 Å². The lowest BCUT2D eigenvalue weighted by atomic mass is 9.90. The number of nitrogens with zero attached hydrogens (tertiary/aromatic N) is 3. The summed E-state index contributed by atoms with van der Waals surface area (Å²) in [5.41, 5.74) is -3.03. The summed E-state index contributed by atoms with van der Waals surface area (Å²) < 4.78 is 89.1. The van der Waals surface area contributed by atoms with Crippen molar-refractivity contribution in [1.29, 1.82) is 0 Å². The lowest BCUT2D eigenvalue weighted by molar-refractivity contribution is -0.138. The lowest BCUT2D eigenvalue weighted by Gasteiger charge is -2.23. The molecule has 38 heavy (non-hydrogen) atoms. The van der Waals surface area contributed by atoms with Crippen LogP contribution in [-0.2, 0) is 12.4 Å². The van der Waals surface area contributed by atoms with Crippen LogP contribution in [0, 0.1) is 0 Å². The summed E-state index contributed by atoms with van der Waals surface area (Å²) in [6.45, 7) is 0.435. The first-order valence-corrected chi connectivity index (χ1v) is 11.5. The molecule has 5 rings (SSSR count). The number of pyridine rings is 1. The molecule has 11 heteroatoms. The molecule has 1 saturated heterocycles. The van der Waals surface area contributed by atoms with Crippen LogP contribution in [-0.4, -0.2) is 33.9 Å². The molecule has 0 radical (unpaired) electrons. The Morgan fingerprint density at radius 1 is 0.974 bits per heavy atom. The zero-order valence-corrected chi connectivity index (χ0v) is 19.6. The van der Waals surface area contributed by atoms with Crippen molar-refractivity contribution in [3.8, 4) is 22.6 Å². The fourth-order valence-electron chi connectivity index (χ4n) is 4.75. The van der Waals surface area contributed by atoms with Crippen molar-refractivity contribution in [1.82, 2.24) is 14.9 Å². The van der Waals surface area contributed by atoms with Crippen LogP contribution in [0.25, 0.3) is 22.6 Å². The number of likely N-dealkylation sites (tertiary alicyclic amines) is 1. The largest absolute Gasteiger partial charge is 0.444 e.